The van der Waals surface area contributed by atoms with E-state index < -0.39 is 6.04 Å². The van der Waals surface area contributed by atoms with Gasteiger partial charge in [0.15, 0.2) is 5.78 Å². The maximum atomic E-state index is 11.6. The third kappa shape index (κ3) is 4.43. The first-order valence-electron chi connectivity index (χ1n) is 5.16. The maximum Gasteiger partial charge on any atom is 0.176 e. The Morgan fingerprint density at radius 1 is 1.41 bits per heavy atom. The Morgan fingerprint density at radius 3 is 2.65 bits per heavy atom. The summed E-state index contributed by atoms with van der Waals surface area (Å²) in [6.07, 6.45) is 4.56. The topological polar surface area (TPSA) is 69.1 Å². The minimum Gasteiger partial charge on any atom is -0.402 e. The van der Waals surface area contributed by atoms with Crippen molar-refractivity contribution in [2.24, 2.45) is 11.5 Å². The summed E-state index contributed by atoms with van der Waals surface area (Å²) in [7, 11) is 0. The van der Waals surface area contributed by atoms with Gasteiger partial charge in [-0.15, -0.1) is 0 Å². The van der Waals surface area contributed by atoms with Crippen LogP contribution in [0.25, 0.3) is 6.08 Å². The van der Waals surface area contributed by atoms with Gasteiger partial charge >= 0.3 is 0 Å². The monoisotopic (exact) mass is 250 g/mol. The molecule has 0 aliphatic heterocycles. The summed E-state index contributed by atoms with van der Waals surface area (Å²) in [6.45, 7) is 1.69. The third-order valence-electron chi connectivity index (χ3n) is 2.10. The van der Waals surface area contributed by atoms with Gasteiger partial charge in [0.1, 0.15) is 0 Å². The number of benzene rings is 1. The van der Waals surface area contributed by atoms with Crippen LogP contribution in [0.15, 0.2) is 42.1 Å². The summed E-state index contributed by atoms with van der Waals surface area (Å²) in [5, 5.41) is 0.593. The molecule has 0 radical (unpaired) electrons. The van der Waals surface area contributed by atoms with E-state index in [0.717, 1.165) is 5.56 Å². The van der Waals surface area contributed by atoms with Crippen LogP contribution in [0.2, 0.25) is 5.02 Å². The van der Waals surface area contributed by atoms with Gasteiger partial charge in [0, 0.05) is 10.7 Å². The van der Waals surface area contributed by atoms with Crippen LogP contribution in [0.5, 0.6) is 0 Å². The summed E-state index contributed by atoms with van der Waals surface area (Å²) in [5.74, 6) is -0.213. The van der Waals surface area contributed by atoms with E-state index in [9.17, 15) is 4.79 Å². The predicted molar refractivity (Wildman–Crippen MR) is 71.4 cm³/mol. The average molecular weight is 251 g/mol. The quantitative estimate of drug-likeness (QED) is 0.805. The minimum absolute atomic E-state index is 0.213. The van der Waals surface area contributed by atoms with Gasteiger partial charge in [-0.1, -0.05) is 29.8 Å². The first kappa shape index (κ1) is 13.5. The second-order valence-electron chi connectivity index (χ2n) is 3.69. The van der Waals surface area contributed by atoms with Crippen molar-refractivity contribution in [3.05, 3.63) is 52.7 Å². The highest BCUT2D eigenvalue weighted by Gasteiger charge is 2.06. The number of carbonyl (C=O) groups excluding carboxylic acids is 1. The second kappa shape index (κ2) is 6.23. The van der Waals surface area contributed by atoms with Crippen LogP contribution in [0.3, 0.4) is 0 Å². The summed E-state index contributed by atoms with van der Waals surface area (Å²) >= 11 is 5.95. The van der Waals surface area contributed by atoms with Crippen molar-refractivity contribution in [2.45, 2.75) is 13.0 Å². The van der Waals surface area contributed by atoms with E-state index in [4.69, 9.17) is 23.1 Å². The molecule has 17 heavy (non-hydrogen) atoms. The van der Waals surface area contributed by atoms with Crippen LogP contribution in [0.4, 0.5) is 0 Å². The maximum absolute atomic E-state index is 11.6. The Kier molecular flexibility index (Phi) is 4.94. The molecule has 1 aromatic carbocycles. The van der Waals surface area contributed by atoms with E-state index >= 15 is 0 Å². The normalized spacial score (nSPS) is 13.9. The number of halogens is 1. The minimum atomic E-state index is -0.710. The molecule has 0 spiro atoms. The number of ketones is 1. The molecule has 0 aromatic heterocycles. The van der Waals surface area contributed by atoms with Crippen molar-refractivity contribution >= 4 is 23.5 Å². The first-order chi connectivity index (χ1) is 8.00. The summed E-state index contributed by atoms with van der Waals surface area (Å²) in [5.41, 5.74) is 12.4. The molecule has 4 heteroatoms. The van der Waals surface area contributed by atoms with Crippen LogP contribution < -0.4 is 11.5 Å². The number of hydrogen-bond donors (Lipinski definition) is 2. The van der Waals surface area contributed by atoms with Crippen molar-refractivity contribution in [1.82, 2.24) is 0 Å². The molecular formula is C13H15ClN2O. The number of hydrogen-bond acceptors (Lipinski definition) is 3. The van der Waals surface area contributed by atoms with Crippen LogP contribution in [0, 0.1) is 0 Å². The van der Waals surface area contributed by atoms with Gasteiger partial charge in [0.2, 0.25) is 0 Å². The van der Waals surface area contributed by atoms with Gasteiger partial charge in [-0.25, -0.2) is 0 Å². The highest BCUT2D eigenvalue weighted by Crippen LogP contribution is 2.16. The fourth-order valence-corrected chi connectivity index (χ4v) is 1.46. The Morgan fingerprint density at radius 2 is 2.06 bits per heavy atom. The van der Waals surface area contributed by atoms with Crippen LogP contribution in [0.1, 0.15) is 12.5 Å². The average Bonchev–Trinajstić information content (AvgIpc) is 2.26. The van der Waals surface area contributed by atoms with Gasteiger partial charge in [-0.3, -0.25) is 4.79 Å². The van der Waals surface area contributed by atoms with Crippen LogP contribution >= 0.6 is 11.6 Å². The molecule has 0 saturated carbocycles. The number of nitrogens with two attached hydrogens (primary N) is 2. The van der Waals surface area contributed by atoms with Crippen molar-refractivity contribution in [3.8, 4) is 0 Å². The molecule has 0 fully saturated rings. The van der Waals surface area contributed by atoms with E-state index in [1.54, 1.807) is 19.1 Å². The van der Waals surface area contributed by atoms with Gasteiger partial charge in [-0.05, 0) is 36.8 Å². The van der Waals surface area contributed by atoms with E-state index in [-0.39, 0.29) is 5.78 Å². The van der Waals surface area contributed by atoms with E-state index in [2.05, 4.69) is 0 Å². The van der Waals surface area contributed by atoms with Gasteiger partial charge in [0.05, 0.1) is 6.04 Å². The Hall–Kier alpha value is -1.58. The lowest BCUT2D eigenvalue weighted by Gasteiger charge is -2.02. The third-order valence-corrected chi connectivity index (χ3v) is 2.45. The molecule has 1 rings (SSSR count). The van der Waals surface area contributed by atoms with Crippen molar-refractivity contribution in [1.29, 1.82) is 0 Å². The standard InChI is InChI=1S/C13H15ClN2O/c1-9(15)8-12(16)13(17)7-6-10-4-2-3-5-11(10)14/h2-8,12H,15-16H2,1H3/b7-6+,9-8-. The van der Waals surface area contributed by atoms with Crippen molar-refractivity contribution in [2.75, 3.05) is 0 Å². The lowest BCUT2D eigenvalue weighted by atomic mass is 10.1. The summed E-state index contributed by atoms with van der Waals surface area (Å²) < 4.78 is 0. The van der Waals surface area contributed by atoms with Gasteiger partial charge < -0.3 is 11.5 Å². The zero-order chi connectivity index (χ0) is 12.8. The van der Waals surface area contributed by atoms with Gasteiger partial charge in [0.25, 0.3) is 0 Å². The molecule has 1 atom stereocenters. The Bertz CT molecular complexity index is 462. The van der Waals surface area contributed by atoms with E-state index in [1.165, 1.54) is 12.2 Å². The Labute approximate surface area is 106 Å². The zero-order valence-electron chi connectivity index (χ0n) is 9.56. The molecule has 4 N–H and O–H groups in total. The highest BCUT2D eigenvalue weighted by atomic mass is 35.5. The molecule has 1 aromatic rings. The zero-order valence-corrected chi connectivity index (χ0v) is 10.3. The number of carbonyl (C=O) groups is 1. The van der Waals surface area contributed by atoms with Crippen molar-refractivity contribution in [3.63, 3.8) is 0 Å². The lowest BCUT2D eigenvalue weighted by Crippen LogP contribution is -2.27. The molecule has 0 heterocycles. The fourth-order valence-electron chi connectivity index (χ4n) is 1.26. The summed E-state index contributed by atoms with van der Waals surface area (Å²) in [6, 6.07) is 6.55. The van der Waals surface area contributed by atoms with E-state index in [0.29, 0.717) is 10.7 Å². The molecule has 0 bridgehead atoms. The molecule has 1 unspecified atom stereocenters. The number of allylic oxidation sites excluding steroid dienone is 1. The summed E-state index contributed by atoms with van der Waals surface area (Å²) in [4.78, 5) is 11.6. The molecule has 3 nitrogen and oxygen atoms in total. The second-order valence-corrected chi connectivity index (χ2v) is 4.10. The molecule has 0 saturated heterocycles. The number of rotatable bonds is 4. The lowest BCUT2D eigenvalue weighted by molar-refractivity contribution is -0.114. The molecular weight excluding hydrogens is 236 g/mol. The largest absolute Gasteiger partial charge is 0.402 e. The Balaban J connectivity index is 2.76. The first-order valence-corrected chi connectivity index (χ1v) is 5.54. The van der Waals surface area contributed by atoms with E-state index in [1.807, 2.05) is 18.2 Å². The highest BCUT2D eigenvalue weighted by molar-refractivity contribution is 6.32. The predicted octanol–water partition coefficient (Wildman–Crippen LogP) is 2.11. The van der Waals surface area contributed by atoms with Crippen LogP contribution in [-0.4, -0.2) is 11.8 Å². The molecule has 0 aliphatic carbocycles. The SMILES string of the molecule is C/C(N)=C/C(N)C(=O)/C=C/c1ccccc1Cl. The fraction of sp³-hybridized carbons (Fsp3) is 0.154. The molecule has 90 valence electrons. The molecule has 0 amide bonds. The van der Waals surface area contributed by atoms with Gasteiger partial charge in [-0.2, -0.15) is 0 Å². The van der Waals surface area contributed by atoms with Crippen molar-refractivity contribution < 1.29 is 4.79 Å². The molecule has 0 aliphatic rings. The van der Waals surface area contributed by atoms with Crippen LogP contribution in [-0.2, 0) is 4.79 Å². The smallest absolute Gasteiger partial charge is 0.176 e.